The lowest BCUT2D eigenvalue weighted by atomic mass is 10.1. The van der Waals surface area contributed by atoms with Gasteiger partial charge >= 0.3 is 0 Å². The van der Waals surface area contributed by atoms with E-state index in [4.69, 9.17) is 5.73 Å². The summed E-state index contributed by atoms with van der Waals surface area (Å²) in [7, 11) is 1.88. The lowest BCUT2D eigenvalue weighted by Gasteiger charge is -1.99. The number of nitrogens with two attached hydrogens (primary N) is 1. The number of aromatic nitrogens is 2. The molecule has 0 aliphatic heterocycles. The molecule has 0 atom stereocenters. The van der Waals surface area contributed by atoms with Crippen molar-refractivity contribution in [1.82, 2.24) is 9.78 Å². The standard InChI is InChI=1S/C13H17N3/c1-10-12(15-16(2)13(10)14)9-8-11-6-4-3-5-7-11/h3-7H,8-9,14H2,1-2H3. The molecule has 0 fully saturated rings. The molecule has 0 spiro atoms. The van der Waals surface area contributed by atoms with E-state index in [1.807, 2.05) is 20.0 Å². The predicted molar refractivity (Wildman–Crippen MR) is 66.2 cm³/mol. The quantitative estimate of drug-likeness (QED) is 0.852. The summed E-state index contributed by atoms with van der Waals surface area (Å²) >= 11 is 0. The van der Waals surface area contributed by atoms with Crippen molar-refractivity contribution in [3.63, 3.8) is 0 Å². The average Bonchev–Trinajstić information content (AvgIpc) is 2.56. The van der Waals surface area contributed by atoms with E-state index in [0.29, 0.717) is 0 Å². The third kappa shape index (κ3) is 2.08. The van der Waals surface area contributed by atoms with E-state index in [9.17, 15) is 0 Å². The summed E-state index contributed by atoms with van der Waals surface area (Å²) in [4.78, 5) is 0. The molecule has 0 bridgehead atoms. The van der Waals surface area contributed by atoms with Gasteiger partial charge in [-0.1, -0.05) is 30.3 Å². The Morgan fingerprint density at radius 3 is 2.44 bits per heavy atom. The fraction of sp³-hybridized carbons (Fsp3) is 0.308. The van der Waals surface area contributed by atoms with Gasteiger partial charge < -0.3 is 5.73 Å². The second-order valence-electron chi connectivity index (χ2n) is 4.07. The van der Waals surface area contributed by atoms with Crippen molar-refractivity contribution in [1.29, 1.82) is 0 Å². The van der Waals surface area contributed by atoms with Crippen LogP contribution >= 0.6 is 0 Å². The summed E-state index contributed by atoms with van der Waals surface area (Å²) in [5.41, 5.74) is 9.42. The van der Waals surface area contributed by atoms with Gasteiger partial charge in [0.25, 0.3) is 0 Å². The molecule has 0 aliphatic carbocycles. The average molecular weight is 215 g/mol. The first kappa shape index (κ1) is 10.7. The molecule has 84 valence electrons. The summed E-state index contributed by atoms with van der Waals surface area (Å²) < 4.78 is 1.75. The van der Waals surface area contributed by atoms with Gasteiger partial charge in [0, 0.05) is 12.6 Å². The lowest BCUT2D eigenvalue weighted by Crippen LogP contribution is -1.98. The number of aryl methyl sites for hydroxylation is 3. The normalized spacial score (nSPS) is 10.6. The van der Waals surface area contributed by atoms with E-state index in [-0.39, 0.29) is 0 Å². The zero-order valence-electron chi connectivity index (χ0n) is 9.77. The summed E-state index contributed by atoms with van der Waals surface area (Å²) in [5, 5.41) is 4.42. The van der Waals surface area contributed by atoms with Gasteiger partial charge in [0.2, 0.25) is 0 Å². The van der Waals surface area contributed by atoms with Crippen LogP contribution < -0.4 is 5.73 Å². The van der Waals surface area contributed by atoms with E-state index >= 15 is 0 Å². The van der Waals surface area contributed by atoms with Crippen molar-refractivity contribution in [2.75, 3.05) is 5.73 Å². The summed E-state index contributed by atoms with van der Waals surface area (Å²) in [6.07, 6.45) is 1.96. The second-order valence-corrected chi connectivity index (χ2v) is 4.07. The summed E-state index contributed by atoms with van der Waals surface area (Å²) in [6, 6.07) is 10.4. The minimum Gasteiger partial charge on any atom is -0.384 e. The van der Waals surface area contributed by atoms with Gasteiger partial charge in [0.1, 0.15) is 5.82 Å². The van der Waals surface area contributed by atoms with Crippen LogP contribution in [0, 0.1) is 6.92 Å². The van der Waals surface area contributed by atoms with Crippen LogP contribution in [-0.2, 0) is 19.9 Å². The Morgan fingerprint density at radius 1 is 1.19 bits per heavy atom. The van der Waals surface area contributed by atoms with E-state index in [1.54, 1.807) is 4.68 Å². The summed E-state index contributed by atoms with van der Waals surface area (Å²) in [5.74, 6) is 0.767. The van der Waals surface area contributed by atoms with Crippen molar-refractivity contribution in [2.24, 2.45) is 7.05 Å². The minimum atomic E-state index is 0.767. The molecule has 1 heterocycles. The maximum absolute atomic E-state index is 5.87. The molecule has 2 N–H and O–H groups in total. The molecule has 0 aliphatic rings. The van der Waals surface area contributed by atoms with E-state index < -0.39 is 0 Å². The molecule has 0 saturated carbocycles. The Labute approximate surface area is 95.9 Å². The minimum absolute atomic E-state index is 0.767. The van der Waals surface area contributed by atoms with Gasteiger partial charge in [-0.3, -0.25) is 4.68 Å². The molecule has 2 aromatic rings. The van der Waals surface area contributed by atoms with Crippen molar-refractivity contribution >= 4 is 5.82 Å². The van der Waals surface area contributed by atoms with Crippen LogP contribution in [0.1, 0.15) is 16.8 Å². The highest BCUT2D eigenvalue weighted by molar-refractivity contribution is 5.42. The van der Waals surface area contributed by atoms with Gasteiger partial charge in [-0.2, -0.15) is 5.10 Å². The molecule has 1 aromatic heterocycles. The van der Waals surface area contributed by atoms with E-state index in [0.717, 1.165) is 29.9 Å². The molecular weight excluding hydrogens is 198 g/mol. The Morgan fingerprint density at radius 2 is 1.88 bits per heavy atom. The fourth-order valence-electron chi connectivity index (χ4n) is 1.85. The first-order chi connectivity index (χ1) is 7.68. The van der Waals surface area contributed by atoms with Gasteiger partial charge in [0.05, 0.1) is 5.69 Å². The number of benzene rings is 1. The Hall–Kier alpha value is -1.77. The molecule has 0 unspecified atom stereocenters. The molecule has 16 heavy (non-hydrogen) atoms. The fourth-order valence-corrected chi connectivity index (χ4v) is 1.85. The molecule has 3 nitrogen and oxygen atoms in total. The Bertz CT molecular complexity index is 471. The van der Waals surface area contributed by atoms with Gasteiger partial charge in [-0.25, -0.2) is 0 Å². The van der Waals surface area contributed by atoms with Crippen LogP contribution in [0.15, 0.2) is 30.3 Å². The predicted octanol–water partition coefficient (Wildman–Crippen LogP) is 2.10. The van der Waals surface area contributed by atoms with Gasteiger partial charge in [-0.15, -0.1) is 0 Å². The number of nitrogen functional groups attached to an aromatic ring is 1. The largest absolute Gasteiger partial charge is 0.384 e. The van der Waals surface area contributed by atoms with Crippen molar-refractivity contribution < 1.29 is 0 Å². The molecule has 0 saturated heterocycles. The number of nitrogens with zero attached hydrogens (tertiary/aromatic N) is 2. The first-order valence-electron chi connectivity index (χ1n) is 5.50. The van der Waals surface area contributed by atoms with Crippen LogP contribution in [0.5, 0.6) is 0 Å². The van der Waals surface area contributed by atoms with Crippen molar-refractivity contribution in [2.45, 2.75) is 19.8 Å². The SMILES string of the molecule is Cc1c(CCc2ccccc2)nn(C)c1N. The topological polar surface area (TPSA) is 43.8 Å². The number of anilines is 1. The zero-order chi connectivity index (χ0) is 11.5. The highest BCUT2D eigenvalue weighted by Gasteiger charge is 2.08. The second kappa shape index (κ2) is 4.39. The third-order valence-electron chi connectivity index (χ3n) is 2.93. The molecule has 2 rings (SSSR count). The van der Waals surface area contributed by atoms with Crippen LogP contribution in [0.4, 0.5) is 5.82 Å². The number of hydrogen-bond donors (Lipinski definition) is 1. The van der Waals surface area contributed by atoms with Crippen LogP contribution in [0.3, 0.4) is 0 Å². The number of rotatable bonds is 3. The Balaban J connectivity index is 2.08. The van der Waals surface area contributed by atoms with E-state index in [2.05, 4.69) is 29.4 Å². The highest BCUT2D eigenvalue weighted by atomic mass is 15.3. The third-order valence-corrected chi connectivity index (χ3v) is 2.93. The molecule has 0 amide bonds. The smallest absolute Gasteiger partial charge is 0.124 e. The maximum atomic E-state index is 5.87. The first-order valence-corrected chi connectivity index (χ1v) is 5.50. The monoisotopic (exact) mass is 215 g/mol. The van der Waals surface area contributed by atoms with E-state index in [1.165, 1.54) is 5.56 Å². The van der Waals surface area contributed by atoms with Crippen molar-refractivity contribution in [3.8, 4) is 0 Å². The molecule has 1 aromatic carbocycles. The molecular formula is C13H17N3. The van der Waals surface area contributed by atoms with Crippen LogP contribution in [0.2, 0.25) is 0 Å². The van der Waals surface area contributed by atoms with Crippen molar-refractivity contribution in [3.05, 3.63) is 47.2 Å². The van der Waals surface area contributed by atoms with Gasteiger partial charge in [-0.05, 0) is 25.3 Å². The molecule has 3 heteroatoms. The van der Waals surface area contributed by atoms with Crippen LogP contribution in [0.25, 0.3) is 0 Å². The Kier molecular flexibility index (Phi) is 2.95. The van der Waals surface area contributed by atoms with Gasteiger partial charge in [0.15, 0.2) is 0 Å². The zero-order valence-corrected chi connectivity index (χ0v) is 9.77. The number of hydrogen-bond acceptors (Lipinski definition) is 2. The van der Waals surface area contributed by atoms with Crippen LogP contribution in [-0.4, -0.2) is 9.78 Å². The highest BCUT2D eigenvalue weighted by Crippen LogP contribution is 2.16. The lowest BCUT2D eigenvalue weighted by molar-refractivity contribution is 0.745. The molecule has 0 radical (unpaired) electrons. The summed E-state index contributed by atoms with van der Waals surface area (Å²) in [6.45, 7) is 2.03. The maximum Gasteiger partial charge on any atom is 0.124 e.